The zero-order chi connectivity index (χ0) is 25.1. The summed E-state index contributed by atoms with van der Waals surface area (Å²) < 4.78 is 60.3. The van der Waals surface area contributed by atoms with Crippen LogP contribution in [0, 0.1) is 5.92 Å². The molecule has 1 aliphatic heterocycles. The van der Waals surface area contributed by atoms with Gasteiger partial charge in [0.2, 0.25) is 6.79 Å². The molecule has 1 aliphatic carbocycles. The second-order valence-electron chi connectivity index (χ2n) is 8.47. The van der Waals surface area contributed by atoms with Gasteiger partial charge in [0.1, 0.15) is 18.1 Å². The number of oxime groups is 1. The molecule has 1 saturated carbocycles. The predicted octanol–water partition coefficient (Wildman–Crippen LogP) is 6.05. The summed E-state index contributed by atoms with van der Waals surface area (Å²) >= 11 is 0. The third-order valence-corrected chi connectivity index (χ3v) is 6.12. The van der Waals surface area contributed by atoms with Crippen LogP contribution in [0.4, 0.5) is 13.2 Å². The Balaban J connectivity index is 1.25. The minimum atomic E-state index is -4.42. The van der Waals surface area contributed by atoms with Gasteiger partial charge in [0.15, 0.2) is 18.1 Å². The molecule has 0 N–H and O–H groups in total. The van der Waals surface area contributed by atoms with Gasteiger partial charge < -0.3 is 23.8 Å². The van der Waals surface area contributed by atoms with Crippen LogP contribution in [-0.2, 0) is 11.0 Å². The molecule has 9 heteroatoms. The molecule has 0 saturated heterocycles. The van der Waals surface area contributed by atoms with E-state index in [-0.39, 0.29) is 37.6 Å². The fraction of sp³-hybridized carbons (Fsp3) is 0.296. The molecule has 36 heavy (non-hydrogen) atoms. The molecular formula is C27H24F3NO5. The van der Waals surface area contributed by atoms with Crippen LogP contribution < -0.4 is 18.9 Å². The van der Waals surface area contributed by atoms with Crippen molar-refractivity contribution in [3.05, 3.63) is 83.4 Å². The van der Waals surface area contributed by atoms with E-state index >= 15 is 0 Å². The Morgan fingerprint density at radius 1 is 0.944 bits per heavy atom. The first kappa shape index (κ1) is 23.8. The summed E-state index contributed by atoms with van der Waals surface area (Å²) in [6, 6.07) is 18.3. The first-order valence-corrected chi connectivity index (χ1v) is 11.5. The number of benzene rings is 3. The summed E-state index contributed by atoms with van der Waals surface area (Å²) in [5.74, 6) is 2.73. The topological polar surface area (TPSA) is 58.5 Å². The fourth-order valence-electron chi connectivity index (χ4n) is 4.18. The van der Waals surface area contributed by atoms with Crippen LogP contribution >= 0.6 is 0 Å². The number of fused-ring (bicyclic) bond motifs is 1. The Morgan fingerprint density at radius 2 is 1.75 bits per heavy atom. The Bertz CT molecular complexity index is 1240. The van der Waals surface area contributed by atoms with E-state index in [4.69, 9.17) is 23.8 Å². The Labute approximate surface area is 206 Å². The summed E-state index contributed by atoms with van der Waals surface area (Å²) in [4.78, 5) is 5.55. The van der Waals surface area contributed by atoms with Crippen molar-refractivity contribution in [3.63, 3.8) is 0 Å². The first-order valence-electron chi connectivity index (χ1n) is 11.5. The summed E-state index contributed by atoms with van der Waals surface area (Å²) in [5.41, 5.74) is 2.07. The number of ether oxygens (including phenoxy) is 4. The molecule has 3 aromatic carbocycles. The monoisotopic (exact) mass is 499 g/mol. The molecule has 188 valence electrons. The largest absolute Gasteiger partial charge is 0.497 e. The number of alkyl halides is 3. The number of hydrogen-bond donors (Lipinski definition) is 0. The van der Waals surface area contributed by atoms with Gasteiger partial charge in [-0.1, -0.05) is 17.3 Å². The summed E-state index contributed by atoms with van der Waals surface area (Å²) in [6.07, 6.45) is -3.53. The maximum Gasteiger partial charge on any atom is 0.416 e. The van der Waals surface area contributed by atoms with E-state index in [1.54, 1.807) is 7.11 Å². The fourth-order valence-corrected chi connectivity index (χ4v) is 4.18. The van der Waals surface area contributed by atoms with Crippen LogP contribution in [0.2, 0.25) is 0 Å². The number of methoxy groups -OCH3 is 1. The Hall–Kier alpha value is -3.88. The van der Waals surface area contributed by atoms with E-state index < -0.39 is 11.7 Å². The molecule has 2 aliphatic rings. The molecule has 6 nitrogen and oxygen atoms in total. The van der Waals surface area contributed by atoms with E-state index in [9.17, 15) is 13.2 Å². The lowest BCUT2D eigenvalue weighted by molar-refractivity contribution is -0.137. The zero-order valence-corrected chi connectivity index (χ0v) is 19.5. The van der Waals surface area contributed by atoms with Crippen molar-refractivity contribution in [2.24, 2.45) is 11.1 Å². The second kappa shape index (κ2) is 10.0. The molecular weight excluding hydrogens is 475 g/mol. The first-order chi connectivity index (χ1) is 17.4. The molecule has 5 rings (SSSR count). The molecule has 1 fully saturated rings. The van der Waals surface area contributed by atoms with E-state index in [2.05, 4.69) is 5.16 Å². The zero-order valence-electron chi connectivity index (χ0n) is 19.5. The number of rotatable bonds is 9. The predicted molar refractivity (Wildman–Crippen MR) is 126 cm³/mol. The highest BCUT2D eigenvalue weighted by molar-refractivity contribution is 6.04. The lowest BCUT2D eigenvalue weighted by Crippen LogP contribution is -2.10. The second-order valence-corrected chi connectivity index (χ2v) is 8.47. The Kier molecular flexibility index (Phi) is 6.63. The van der Waals surface area contributed by atoms with Crippen LogP contribution in [0.15, 0.2) is 71.9 Å². The van der Waals surface area contributed by atoms with Crippen molar-refractivity contribution in [3.8, 4) is 23.0 Å². The molecule has 2 atom stereocenters. The van der Waals surface area contributed by atoms with E-state index in [0.717, 1.165) is 52.6 Å². The van der Waals surface area contributed by atoms with E-state index in [1.165, 1.54) is 12.1 Å². The van der Waals surface area contributed by atoms with Gasteiger partial charge in [0.25, 0.3) is 0 Å². The maximum atomic E-state index is 12.9. The normalized spacial score (nSPS) is 18.6. The standard InChI is InChI=1S/C27H24F3NO5/c1-32-20-8-5-17(6-9-20)26(23-15-22(23)18-7-10-24-25(13-18)35-16-34-24)31-36-12-11-33-21-4-2-3-19(14-21)27(28,29)30/h2-10,13-14,22-23H,11-12,15-16H2,1H3. The summed E-state index contributed by atoms with van der Waals surface area (Å²) in [6.45, 7) is 0.357. The average molecular weight is 499 g/mol. The third kappa shape index (κ3) is 5.35. The van der Waals surface area contributed by atoms with Crippen molar-refractivity contribution < 1.29 is 37.0 Å². The third-order valence-electron chi connectivity index (χ3n) is 6.12. The highest BCUT2D eigenvalue weighted by atomic mass is 19.4. The van der Waals surface area contributed by atoms with Crippen LogP contribution in [0.25, 0.3) is 0 Å². The lowest BCUT2D eigenvalue weighted by Gasteiger charge is -2.11. The molecule has 0 amide bonds. The van der Waals surface area contributed by atoms with Gasteiger partial charge in [0.05, 0.1) is 18.4 Å². The molecule has 0 aromatic heterocycles. The van der Waals surface area contributed by atoms with Crippen LogP contribution in [-0.4, -0.2) is 32.8 Å². The molecule has 0 spiro atoms. The smallest absolute Gasteiger partial charge is 0.416 e. The molecule has 0 radical (unpaired) electrons. The Morgan fingerprint density at radius 3 is 2.53 bits per heavy atom. The van der Waals surface area contributed by atoms with E-state index in [0.29, 0.717) is 0 Å². The summed E-state index contributed by atoms with van der Waals surface area (Å²) in [5, 5.41) is 4.41. The van der Waals surface area contributed by atoms with Crippen LogP contribution in [0.5, 0.6) is 23.0 Å². The highest BCUT2D eigenvalue weighted by Gasteiger charge is 2.43. The lowest BCUT2D eigenvalue weighted by atomic mass is 10.0. The van der Waals surface area contributed by atoms with Gasteiger partial charge >= 0.3 is 6.18 Å². The minimum Gasteiger partial charge on any atom is -0.497 e. The number of hydrogen-bond acceptors (Lipinski definition) is 6. The van der Waals surface area contributed by atoms with Crippen molar-refractivity contribution in [2.45, 2.75) is 18.5 Å². The highest BCUT2D eigenvalue weighted by Crippen LogP contribution is 2.51. The van der Waals surface area contributed by atoms with Crippen molar-refractivity contribution in [2.75, 3.05) is 27.1 Å². The van der Waals surface area contributed by atoms with Crippen LogP contribution in [0.1, 0.15) is 29.0 Å². The van der Waals surface area contributed by atoms with Gasteiger partial charge in [-0.2, -0.15) is 13.2 Å². The summed E-state index contributed by atoms with van der Waals surface area (Å²) in [7, 11) is 1.61. The number of halogens is 3. The molecule has 3 aromatic rings. The van der Waals surface area contributed by atoms with Crippen molar-refractivity contribution >= 4 is 5.71 Å². The van der Waals surface area contributed by atoms with Gasteiger partial charge in [0, 0.05) is 5.92 Å². The maximum absolute atomic E-state index is 12.9. The van der Waals surface area contributed by atoms with Crippen molar-refractivity contribution in [1.82, 2.24) is 0 Å². The van der Waals surface area contributed by atoms with Gasteiger partial charge in [-0.05, 0) is 78.1 Å². The SMILES string of the molecule is COc1ccc(C(=NOCCOc2cccc(C(F)(F)F)c2)C2CC2c2ccc3c(c2)OCO3)cc1. The van der Waals surface area contributed by atoms with Crippen LogP contribution in [0.3, 0.4) is 0 Å². The average Bonchev–Trinajstić information content (AvgIpc) is 3.53. The minimum absolute atomic E-state index is 0.0525. The number of nitrogens with zero attached hydrogens (tertiary/aromatic N) is 1. The van der Waals surface area contributed by atoms with Gasteiger partial charge in [-0.3, -0.25) is 0 Å². The molecule has 1 heterocycles. The van der Waals surface area contributed by atoms with Gasteiger partial charge in [-0.25, -0.2) is 0 Å². The molecule has 0 bridgehead atoms. The van der Waals surface area contributed by atoms with Crippen molar-refractivity contribution in [1.29, 1.82) is 0 Å². The van der Waals surface area contributed by atoms with E-state index in [1.807, 2.05) is 42.5 Å². The van der Waals surface area contributed by atoms with Gasteiger partial charge in [-0.15, -0.1) is 0 Å². The molecule has 2 unspecified atom stereocenters. The quantitative estimate of drug-likeness (QED) is 0.204.